The SMILES string of the molecule is C=Cc1ccc(NC(=O)NCc2cc(C(N)=C=O)cc(C(N)=C=O)c2)cc1.O=C=Nc1cccc2c(N=C=O)cccc12. The second kappa shape index (κ2) is 15.3. The molecule has 0 aromatic heterocycles. The lowest BCUT2D eigenvalue weighted by molar-refractivity contribution is 0.251. The summed E-state index contributed by atoms with van der Waals surface area (Å²) in [7, 11) is 0. The largest absolute Gasteiger partial charge is 0.389 e. The Kier molecular flexibility index (Phi) is 11.0. The first-order valence-corrected chi connectivity index (χ1v) is 12.4. The third-order valence-corrected chi connectivity index (χ3v) is 5.90. The highest BCUT2D eigenvalue weighted by molar-refractivity contribution is 6.00. The van der Waals surface area contributed by atoms with Gasteiger partial charge in [0.2, 0.25) is 12.2 Å². The number of hydrogen-bond acceptors (Lipinski definition) is 9. The molecule has 0 heterocycles. The van der Waals surface area contributed by atoms with Gasteiger partial charge in [-0.1, -0.05) is 49.1 Å². The van der Waals surface area contributed by atoms with Gasteiger partial charge in [-0.2, -0.15) is 9.98 Å². The van der Waals surface area contributed by atoms with Gasteiger partial charge in [0.15, 0.2) is 11.9 Å². The van der Waals surface area contributed by atoms with Crippen LogP contribution in [0, 0.1) is 0 Å². The molecule has 0 aliphatic heterocycles. The van der Waals surface area contributed by atoms with Crippen molar-refractivity contribution in [2.24, 2.45) is 21.5 Å². The van der Waals surface area contributed by atoms with E-state index in [1.54, 1.807) is 78.6 Å². The van der Waals surface area contributed by atoms with Crippen LogP contribution in [0.25, 0.3) is 28.2 Å². The maximum Gasteiger partial charge on any atom is 0.319 e. The number of nitrogens with zero attached hydrogens (tertiary/aromatic N) is 2. The minimum Gasteiger partial charge on any atom is -0.389 e. The van der Waals surface area contributed by atoms with E-state index >= 15 is 0 Å². The van der Waals surface area contributed by atoms with E-state index in [4.69, 9.17) is 11.5 Å². The number of hydrogen-bond donors (Lipinski definition) is 4. The van der Waals surface area contributed by atoms with Gasteiger partial charge < -0.3 is 22.1 Å². The number of rotatable bonds is 8. The van der Waals surface area contributed by atoms with E-state index in [1.165, 1.54) is 18.2 Å². The highest BCUT2D eigenvalue weighted by atomic mass is 16.2. The van der Waals surface area contributed by atoms with Gasteiger partial charge in [-0.3, -0.25) is 0 Å². The number of benzene rings is 4. The van der Waals surface area contributed by atoms with Gasteiger partial charge in [-0.25, -0.2) is 24.0 Å². The zero-order chi connectivity index (χ0) is 31.2. The fourth-order valence-electron chi connectivity index (χ4n) is 3.85. The zero-order valence-corrected chi connectivity index (χ0v) is 22.6. The molecule has 0 spiro atoms. The normalized spacial score (nSPS) is 9.40. The van der Waals surface area contributed by atoms with Gasteiger partial charge in [0, 0.05) is 34.1 Å². The Morgan fingerprint density at radius 2 is 1.28 bits per heavy atom. The van der Waals surface area contributed by atoms with Crippen LogP contribution >= 0.6 is 0 Å². The van der Waals surface area contributed by atoms with Gasteiger partial charge in [0.25, 0.3) is 0 Å². The molecule has 2 amide bonds. The number of urea groups is 1. The number of carbonyl (C=O) groups is 1. The van der Waals surface area contributed by atoms with Gasteiger partial charge >= 0.3 is 6.03 Å². The molecule has 6 N–H and O–H groups in total. The van der Waals surface area contributed by atoms with Crippen LogP contribution in [0.3, 0.4) is 0 Å². The van der Waals surface area contributed by atoms with Crippen molar-refractivity contribution >= 4 is 75.4 Å². The van der Waals surface area contributed by atoms with Crippen LogP contribution in [0.2, 0.25) is 0 Å². The van der Waals surface area contributed by atoms with Crippen molar-refractivity contribution in [2.45, 2.75) is 6.54 Å². The molecule has 0 aliphatic rings. The number of nitrogens with one attached hydrogen (secondary N) is 2. The van der Waals surface area contributed by atoms with Crippen molar-refractivity contribution in [3.8, 4) is 0 Å². The van der Waals surface area contributed by atoms with Crippen molar-refractivity contribution in [1.29, 1.82) is 0 Å². The maximum atomic E-state index is 12.1. The van der Waals surface area contributed by atoms with E-state index < -0.39 is 6.03 Å². The first-order valence-electron chi connectivity index (χ1n) is 12.4. The van der Waals surface area contributed by atoms with E-state index in [2.05, 4.69) is 27.2 Å². The van der Waals surface area contributed by atoms with E-state index in [9.17, 15) is 24.0 Å². The van der Waals surface area contributed by atoms with Crippen LogP contribution in [0.15, 0.2) is 95.4 Å². The van der Waals surface area contributed by atoms with E-state index in [0.29, 0.717) is 33.8 Å². The zero-order valence-electron chi connectivity index (χ0n) is 22.6. The molecule has 0 aliphatic carbocycles. The van der Waals surface area contributed by atoms with Crippen LogP contribution in [0.4, 0.5) is 21.9 Å². The average Bonchev–Trinajstić information content (AvgIpc) is 3.04. The first-order chi connectivity index (χ1) is 20.8. The quantitative estimate of drug-likeness (QED) is 0.134. The van der Waals surface area contributed by atoms with Gasteiger partial charge in [0.1, 0.15) is 11.4 Å². The van der Waals surface area contributed by atoms with Crippen molar-refractivity contribution in [3.63, 3.8) is 0 Å². The van der Waals surface area contributed by atoms with Gasteiger partial charge in [-0.05, 0) is 53.6 Å². The molecule has 43 heavy (non-hydrogen) atoms. The molecule has 0 atom stereocenters. The molecular weight excluding hydrogens is 548 g/mol. The van der Waals surface area contributed by atoms with Crippen molar-refractivity contribution < 1.29 is 24.0 Å². The summed E-state index contributed by atoms with van der Waals surface area (Å²) in [6, 6.07) is 21.9. The maximum absolute atomic E-state index is 12.1. The van der Waals surface area contributed by atoms with E-state index in [1.807, 2.05) is 12.1 Å². The molecule has 0 saturated heterocycles. The number of amides is 2. The molecule has 0 saturated carbocycles. The highest BCUT2D eigenvalue weighted by Crippen LogP contribution is 2.31. The van der Waals surface area contributed by atoms with Crippen LogP contribution in [-0.4, -0.2) is 30.1 Å². The number of nitrogens with two attached hydrogens (primary N) is 2. The molecule has 0 fully saturated rings. The van der Waals surface area contributed by atoms with Crippen molar-refractivity contribution in [2.75, 3.05) is 5.32 Å². The summed E-state index contributed by atoms with van der Waals surface area (Å²) in [4.78, 5) is 61.3. The minimum atomic E-state index is -0.425. The van der Waals surface area contributed by atoms with E-state index in [-0.39, 0.29) is 17.9 Å². The predicted molar refractivity (Wildman–Crippen MR) is 165 cm³/mol. The minimum absolute atomic E-state index is 0.121. The summed E-state index contributed by atoms with van der Waals surface area (Å²) in [6.45, 7) is 3.79. The number of isocyanates is 2. The fourth-order valence-corrected chi connectivity index (χ4v) is 3.85. The summed E-state index contributed by atoms with van der Waals surface area (Å²) in [5.74, 6) is 3.18. The molecule has 0 radical (unpaired) electrons. The molecular formula is C32H24N6O5. The molecule has 11 heteroatoms. The number of carbonyl (C=O) groups excluding carboxylic acids is 5. The van der Waals surface area contributed by atoms with Crippen LogP contribution in [-0.2, 0) is 25.7 Å². The Labute approximate surface area is 245 Å². The lowest BCUT2D eigenvalue weighted by atomic mass is 10.0. The number of aliphatic imine (C=N–C) groups is 2. The molecule has 4 rings (SSSR count). The Bertz CT molecular complexity index is 1780. The Morgan fingerprint density at radius 1 is 0.767 bits per heavy atom. The molecule has 4 aromatic carbocycles. The summed E-state index contributed by atoms with van der Waals surface area (Å²) in [5, 5.41) is 6.87. The highest BCUT2D eigenvalue weighted by Gasteiger charge is 2.09. The molecule has 0 bridgehead atoms. The monoisotopic (exact) mass is 572 g/mol. The van der Waals surface area contributed by atoms with E-state index in [0.717, 1.165) is 16.3 Å². The molecule has 4 aromatic rings. The van der Waals surface area contributed by atoms with Crippen LogP contribution in [0.1, 0.15) is 22.3 Å². The van der Waals surface area contributed by atoms with Gasteiger partial charge in [0.05, 0.1) is 11.4 Å². The molecule has 11 nitrogen and oxygen atoms in total. The van der Waals surface area contributed by atoms with Crippen molar-refractivity contribution in [1.82, 2.24) is 5.32 Å². The Balaban J connectivity index is 0.000000268. The van der Waals surface area contributed by atoms with Crippen LogP contribution < -0.4 is 22.1 Å². The summed E-state index contributed by atoms with van der Waals surface area (Å²) in [6.07, 6.45) is 4.69. The van der Waals surface area contributed by atoms with Crippen molar-refractivity contribution in [3.05, 3.63) is 108 Å². The third kappa shape index (κ3) is 8.45. The smallest absolute Gasteiger partial charge is 0.319 e. The summed E-state index contributed by atoms with van der Waals surface area (Å²) >= 11 is 0. The third-order valence-electron chi connectivity index (χ3n) is 5.90. The standard InChI is InChI=1S/C20H18N4O3.C12H6N2O2/c1-2-13-3-5-17(6-4-13)24-20(27)23-10-14-7-15(18(21)11-25)9-16(8-14)19(22)12-26;15-7-13-11-5-1-3-9-10(11)4-2-6-12(9)14-8-16/h2-9H,1,10,21-22H2,(H2,23,24,27);1-6H. The number of fused-ring (bicyclic) bond motifs is 1. The lowest BCUT2D eigenvalue weighted by Gasteiger charge is -2.11. The second-order valence-corrected chi connectivity index (χ2v) is 8.64. The lowest BCUT2D eigenvalue weighted by Crippen LogP contribution is -2.28. The van der Waals surface area contributed by atoms with Crippen LogP contribution in [0.5, 0.6) is 0 Å². The average molecular weight is 573 g/mol. The fraction of sp³-hybridized carbons (Fsp3) is 0.0312. The summed E-state index contributed by atoms with van der Waals surface area (Å²) in [5.41, 5.74) is 14.8. The Morgan fingerprint density at radius 3 is 1.72 bits per heavy atom. The van der Waals surface area contributed by atoms with Gasteiger partial charge in [-0.15, -0.1) is 0 Å². The topological polar surface area (TPSA) is 186 Å². The molecule has 0 unspecified atom stereocenters. The molecule has 212 valence electrons. The Hall–Kier alpha value is -6.59. The second-order valence-electron chi connectivity index (χ2n) is 8.64. The predicted octanol–water partition coefficient (Wildman–Crippen LogP) is 4.69. The number of anilines is 1. The summed E-state index contributed by atoms with van der Waals surface area (Å²) < 4.78 is 0. The first kappa shape index (κ1) is 30.9.